The fourth-order valence-corrected chi connectivity index (χ4v) is 4.34. The van der Waals surface area contributed by atoms with Gasteiger partial charge in [-0.2, -0.15) is 0 Å². The molecule has 4 aromatic rings. The van der Waals surface area contributed by atoms with Crippen molar-refractivity contribution in [2.75, 3.05) is 26.7 Å². The molecule has 1 saturated heterocycles. The maximum Gasteiger partial charge on any atom is 0.232 e. The number of rotatable bonds is 8. The van der Waals surface area contributed by atoms with Gasteiger partial charge in [-0.15, -0.1) is 0 Å². The van der Waals surface area contributed by atoms with Crippen LogP contribution in [0.25, 0.3) is 33.6 Å². The van der Waals surface area contributed by atoms with E-state index in [2.05, 4.69) is 59.2 Å². The lowest BCUT2D eigenvalue weighted by Crippen LogP contribution is -2.30. The van der Waals surface area contributed by atoms with E-state index in [1.165, 1.54) is 5.56 Å². The highest BCUT2D eigenvalue weighted by atomic mass is 16.5. The molecule has 0 amide bonds. The predicted molar refractivity (Wildman–Crippen MR) is 134 cm³/mol. The molecule has 0 aliphatic carbocycles. The molecule has 174 valence electrons. The van der Waals surface area contributed by atoms with Gasteiger partial charge in [-0.1, -0.05) is 48.5 Å². The molecule has 2 aromatic heterocycles. The normalized spacial score (nSPS) is 14.3. The van der Waals surface area contributed by atoms with Gasteiger partial charge in [0.2, 0.25) is 5.88 Å². The van der Waals surface area contributed by atoms with Crippen molar-refractivity contribution in [1.29, 1.82) is 0 Å². The van der Waals surface area contributed by atoms with Crippen LogP contribution < -0.4 is 15.4 Å². The Labute approximate surface area is 200 Å². The first-order valence-corrected chi connectivity index (χ1v) is 11.9. The number of ether oxygens (including phenoxy) is 1. The van der Waals surface area contributed by atoms with Crippen LogP contribution in [0.15, 0.2) is 77.7 Å². The standard InChI is InChI=1S/C28H30N4O2/c1-29-16-20-2-4-23(5-3-20)27-28(24-8-6-22(7-9-24)25-12-15-33-19-25)32-26(17-31-27)34-18-21-10-13-30-14-11-21/h2-9,12,15,17,19,21,29-30H,10-11,13-14,16,18H2,1H3. The van der Waals surface area contributed by atoms with Gasteiger partial charge in [0.05, 0.1) is 31.0 Å². The maximum atomic E-state index is 6.11. The van der Waals surface area contributed by atoms with E-state index in [-0.39, 0.29) is 0 Å². The fourth-order valence-electron chi connectivity index (χ4n) is 4.34. The van der Waals surface area contributed by atoms with Gasteiger partial charge < -0.3 is 19.8 Å². The molecule has 0 saturated carbocycles. The summed E-state index contributed by atoms with van der Waals surface area (Å²) in [5.74, 6) is 1.13. The van der Waals surface area contributed by atoms with E-state index in [1.807, 2.05) is 13.1 Å². The van der Waals surface area contributed by atoms with Crippen molar-refractivity contribution >= 4 is 0 Å². The number of benzene rings is 2. The lowest BCUT2D eigenvalue weighted by molar-refractivity contribution is 0.208. The molecule has 6 nitrogen and oxygen atoms in total. The average Bonchev–Trinajstić information content (AvgIpc) is 3.44. The van der Waals surface area contributed by atoms with Crippen molar-refractivity contribution in [2.24, 2.45) is 5.92 Å². The Bertz CT molecular complexity index is 1180. The van der Waals surface area contributed by atoms with Gasteiger partial charge in [-0.05, 0) is 56.1 Å². The number of piperidine rings is 1. The van der Waals surface area contributed by atoms with Crippen molar-refractivity contribution < 1.29 is 9.15 Å². The van der Waals surface area contributed by atoms with Crippen molar-refractivity contribution in [1.82, 2.24) is 20.6 Å². The van der Waals surface area contributed by atoms with Crippen LogP contribution >= 0.6 is 0 Å². The summed E-state index contributed by atoms with van der Waals surface area (Å²) in [7, 11) is 1.95. The van der Waals surface area contributed by atoms with Crippen LogP contribution in [0.5, 0.6) is 5.88 Å². The third kappa shape index (κ3) is 5.19. The zero-order valence-electron chi connectivity index (χ0n) is 19.5. The minimum atomic E-state index is 0.556. The SMILES string of the molecule is CNCc1ccc(-c2ncc(OCC3CCNCC3)nc2-c2ccc(-c3ccoc3)cc2)cc1. The first kappa shape index (κ1) is 22.3. The Morgan fingerprint density at radius 3 is 2.32 bits per heavy atom. The Kier molecular flexibility index (Phi) is 6.98. The van der Waals surface area contributed by atoms with Gasteiger partial charge in [-0.25, -0.2) is 9.97 Å². The summed E-state index contributed by atoms with van der Waals surface area (Å²) < 4.78 is 11.3. The molecule has 0 atom stereocenters. The topological polar surface area (TPSA) is 72.2 Å². The summed E-state index contributed by atoms with van der Waals surface area (Å²) >= 11 is 0. The third-order valence-corrected chi connectivity index (χ3v) is 6.30. The van der Waals surface area contributed by atoms with Crippen molar-refractivity contribution in [3.63, 3.8) is 0 Å². The highest BCUT2D eigenvalue weighted by molar-refractivity contribution is 5.79. The Hall–Kier alpha value is -3.48. The van der Waals surface area contributed by atoms with E-state index in [0.29, 0.717) is 18.4 Å². The molecule has 2 N–H and O–H groups in total. The largest absolute Gasteiger partial charge is 0.476 e. The number of hydrogen-bond acceptors (Lipinski definition) is 6. The fraction of sp³-hybridized carbons (Fsp3) is 0.286. The molecule has 0 radical (unpaired) electrons. The van der Waals surface area contributed by atoms with Crippen LogP contribution in [-0.2, 0) is 6.54 Å². The number of aromatic nitrogens is 2. The summed E-state index contributed by atoms with van der Waals surface area (Å²) in [4.78, 5) is 9.73. The zero-order chi connectivity index (χ0) is 23.2. The molecule has 0 unspecified atom stereocenters. The molecule has 5 rings (SSSR count). The quantitative estimate of drug-likeness (QED) is 0.383. The predicted octanol–water partition coefficient (Wildman–Crippen LogP) is 5.17. The Balaban J connectivity index is 1.46. The van der Waals surface area contributed by atoms with Gasteiger partial charge in [0.15, 0.2) is 0 Å². The third-order valence-electron chi connectivity index (χ3n) is 6.30. The summed E-state index contributed by atoms with van der Waals surface area (Å²) in [5, 5.41) is 6.59. The van der Waals surface area contributed by atoms with Crippen LogP contribution in [-0.4, -0.2) is 36.7 Å². The van der Waals surface area contributed by atoms with E-state index < -0.39 is 0 Å². The smallest absolute Gasteiger partial charge is 0.232 e. The zero-order valence-corrected chi connectivity index (χ0v) is 19.5. The Morgan fingerprint density at radius 1 is 0.912 bits per heavy atom. The van der Waals surface area contributed by atoms with Gasteiger partial charge >= 0.3 is 0 Å². The summed E-state index contributed by atoms with van der Waals surface area (Å²) in [5.41, 5.74) is 7.09. The maximum absolute atomic E-state index is 6.11. The molecule has 1 fully saturated rings. The molecule has 1 aliphatic rings. The molecule has 0 spiro atoms. The Morgan fingerprint density at radius 2 is 1.62 bits per heavy atom. The number of hydrogen-bond donors (Lipinski definition) is 2. The number of furan rings is 1. The second-order valence-corrected chi connectivity index (χ2v) is 8.73. The molecule has 34 heavy (non-hydrogen) atoms. The molecular weight excluding hydrogens is 424 g/mol. The second kappa shape index (κ2) is 10.6. The number of nitrogens with zero attached hydrogens (tertiary/aromatic N) is 2. The first-order valence-electron chi connectivity index (χ1n) is 11.9. The average molecular weight is 455 g/mol. The lowest BCUT2D eigenvalue weighted by Gasteiger charge is -2.22. The van der Waals surface area contributed by atoms with Gasteiger partial charge in [0, 0.05) is 23.2 Å². The number of nitrogens with one attached hydrogen (secondary N) is 2. The molecule has 2 aromatic carbocycles. The minimum absolute atomic E-state index is 0.556. The van der Waals surface area contributed by atoms with E-state index in [4.69, 9.17) is 19.1 Å². The van der Waals surface area contributed by atoms with E-state index in [9.17, 15) is 0 Å². The molecule has 0 bridgehead atoms. The van der Waals surface area contributed by atoms with E-state index >= 15 is 0 Å². The van der Waals surface area contributed by atoms with Gasteiger partial charge in [-0.3, -0.25) is 0 Å². The highest BCUT2D eigenvalue weighted by Gasteiger charge is 2.17. The molecule has 6 heteroatoms. The van der Waals surface area contributed by atoms with Crippen molar-refractivity contribution in [3.8, 4) is 39.5 Å². The van der Waals surface area contributed by atoms with Crippen molar-refractivity contribution in [3.05, 3.63) is 78.9 Å². The lowest BCUT2D eigenvalue weighted by atomic mass is 9.99. The van der Waals surface area contributed by atoms with E-state index in [0.717, 1.165) is 66.1 Å². The molecular formula is C28H30N4O2. The van der Waals surface area contributed by atoms with Crippen LogP contribution in [0.3, 0.4) is 0 Å². The first-order chi connectivity index (χ1) is 16.8. The second-order valence-electron chi connectivity index (χ2n) is 8.73. The van der Waals surface area contributed by atoms with Crippen LogP contribution in [0.4, 0.5) is 0 Å². The van der Waals surface area contributed by atoms with Gasteiger partial charge in [0.25, 0.3) is 0 Å². The minimum Gasteiger partial charge on any atom is -0.476 e. The van der Waals surface area contributed by atoms with Crippen LogP contribution in [0.2, 0.25) is 0 Å². The van der Waals surface area contributed by atoms with Gasteiger partial charge in [0.1, 0.15) is 5.69 Å². The van der Waals surface area contributed by atoms with E-state index in [1.54, 1.807) is 18.7 Å². The summed E-state index contributed by atoms with van der Waals surface area (Å²) in [6.45, 7) is 3.61. The summed E-state index contributed by atoms with van der Waals surface area (Å²) in [6.07, 6.45) is 7.46. The highest BCUT2D eigenvalue weighted by Crippen LogP contribution is 2.32. The monoisotopic (exact) mass is 454 g/mol. The molecule has 3 heterocycles. The summed E-state index contributed by atoms with van der Waals surface area (Å²) in [6, 6.07) is 18.8. The molecule has 1 aliphatic heterocycles. The van der Waals surface area contributed by atoms with Crippen LogP contribution in [0, 0.1) is 5.92 Å². The van der Waals surface area contributed by atoms with Crippen molar-refractivity contribution in [2.45, 2.75) is 19.4 Å². The van der Waals surface area contributed by atoms with Crippen LogP contribution in [0.1, 0.15) is 18.4 Å².